The molecule has 4 aromatic rings. The molecule has 1 N–H and O–H groups in total. The zero-order chi connectivity index (χ0) is 17.9. The van der Waals surface area contributed by atoms with E-state index in [4.69, 9.17) is 0 Å². The molecule has 0 atom stereocenters. The second kappa shape index (κ2) is 6.93. The normalized spacial score (nSPS) is 10.7. The van der Waals surface area contributed by atoms with Crippen molar-refractivity contribution in [3.63, 3.8) is 0 Å². The highest BCUT2D eigenvalue weighted by molar-refractivity contribution is 7.14. The Labute approximate surface area is 155 Å². The van der Waals surface area contributed by atoms with Gasteiger partial charge in [0.05, 0.1) is 5.69 Å². The van der Waals surface area contributed by atoms with Gasteiger partial charge in [-0.1, -0.05) is 12.1 Å². The van der Waals surface area contributed by atoms with E-state index >= 15 is 0 Å². The monoisotopic (exact) mass is 360 g/mol. The van der Waals surface area contributed by atoms with E-state index < -0.39 is 0 Å². The van der Waals surface area contributed by atoms with Gasteiger partial charge in [-0.3, -0.25) is 15.1 Å². The van der Waals surface area contributed by atoms with Crippen LogP contribution in [-0.2, 0) is 0 Å². The number of rotatable bonds is 4. The van der Waals surface area contributed by atoms with Gasteiger partial charge < -0.3 is 4.57 Å². The molecule has 0 spiro atoms. The van der Waals surface area contributed by atoms with Crippen LogP contribution in [0.5, 0.6) is 0 Å². The molecule has 26 heavy (non-hydrogen) atoms. The largest absolute Gasteiger partial charge is 0.324 e. The lowest BCUT2D eigenvalue weighted by Gasteiger charge is -2.10. The predicted octanol–water partition coefficient (Wildman–Crippen LogP) is 4.56. The maximum Gasteiger partial charge on any atom is 0.257 e. The molecular weight excluding hydrogens is 344 g/mol. The van der Waals surface area contributed by atoms with Crippen molar-refractivity contribution in [2.24, 2.45) is 0 Å². The molecule has 5 nitrogen and oxygen atoms in total. The number of benzene rings is 1. The molecule has 0 aliphatic heterocycles. The van der Waals surface area contributed by atoms with Crippen LogP contribution in [-0.4, -0.2) is 20.4 Å². The zero-order valence-electron chi connectivity index (χ0n) is 14.1. The van der Waals surface area contributed by atoms with Gasteiger partial charge in [-0.2, -0.15) is 0 Å². The summed E-state index contributed by atoms with van der Waals surface area (Å²) in [5.74, 6) is -0.180. The van der Waals surface area contributed by atoms with Crippen molar-refractivity contribution in [3.8, 4) is 17.1 Å². The number of amides is 1. The number of hydrogen-bond donors (Lipinski definition) is 1. The van der Waals surface area contributed by atoms with Crippen LogP contribution < -0.4 is 5.32 Å². The van der Waals surface area contributed by atoms with E-state index in [9.17, 15) is 4.79 Å². The summed E-state index contributed by atoms with van der Waals surface area (Å²) in [7, 11) is 0. The molecule has 4 rings (SSSR count). The Hall–Kier alpha value is -3.25. The summed E-state index contributed by atoms with van der Waals surface area (Å²) < 4.78 is 1.99. The molecule has 6 heteroatoms. The van der Waals surface area contributed by atoms with Gasteiger partial charge in [0.15, 0.2) is 5.13 Å². The summed E-state index contributed by atoms with van der Waals surface area (Å²) >= 11 is 1.38. The highest BCUT2D eigenvalue weighted by Crippen LogP contribution is 2.24. The van der Waals surface area contributed by atoms with E-state index in [1.807, 2.05) is 77.8 Å². The summed E-state index contributed by atoms with van der Waals surface area (Å²) in [6.45, 7) is 2.02. The third kappa shape index (κ3) is 3.27. The van der Waals surface area contributed by atoms with Crippen molar-refractivity contribution in [1.82, 2.24) is 14.5 Å². The molecule has 1 aromatic carbocycles. The van der Waals surface area contributed by atoms with Gasteiger partial charge in [-0.15, -0.1) is 11.3 Å². The molecule has 0 aliphatic rings. The second-order valence-electron chi connectivity index (χ2n) is 5.80. The molecule has 0 radical (unpaired) electrons. The lowest BCUT2D eigenvalue weighted by Crippen LogP contribution is -2.12. The number of aromatic nitrogens is 3. The van der Waals surface area contributed by atoms with Gasteiger partial charge >= 0.3 is 0 Å². The number of aryl methyl sites for hydroxylation is 1. The number of carbonyl (C=O) groups excluding carboxylic acids is 1. The number of nitrogens with zero attached hydrogens (tertiary/aromatic N) is 3. The minimum atomic E-state index is -0.180. The first-order valence-corrected chi connectivity index (χ1v) is 9.01. The molecule has 0 saturated carbocycles. The Morgan fingerprint density at radius 2 is 1.92 bits per heavy atom. The van der Waals surface area contributed by atoms with Crippen molar-refractivity contribution in [2.45, 2.75) is 6.92 Å². The molecule has 3 aromatic heterocycles. The van der Waals surface area contributed by atoms with Gasteiger partial charge in [-0.05, 0) is 48.9 Å². The molecule has 1 amide bonds. The van der Waals surface area contributed by atoms with Crippen molar-refractivity contribution >= 4 is 22.4 Å². The fraction of sp³-hybridized carbons (Fsp3) is 0.0500. The average molecular weight is 360 g/mol. The quantitative estimate of drug-likeness (QED) is 0.580. The van der Waals surface area contributed by atoms with E-state index in [0.29, 0.717) is 10.7 Å². The Morgan fingerprint density at radius 1 is 1.08 bits per heavy atom. The summed E-state index contributed by atoms with van der Waals surface area (Å²) in [6, 6.07) is 15.2. The van der Waals surface area contributed by atoms with Crippen LogP contribution in [0.4, 0.5) is 5.13 Å². The van der Waals surface area contributed by atoms with Gasteiger partial charge in [0.2, 0.25) is 0 Å². The Balaban J connectivity index is 1.56. The van der Waals surface area contributed by atoms with Gasteiger partial charge in [-0.25, -0.2) is 4.98 Å². The Morgan fingerprint density at radius 3 is 2.69 bits per heavy atom. The lowest BCUT2D eigenvalue weighted by atomic mass is 10.1. The first-order chi connectivity index (χ1) is 12.7. The lowest BCUT2D eigenvalue weighted by molar-refractivity contribution is 0.102. The maximum absolute atomic E-state index is 12.6. The van der Waals surface area contributed by atoms with Crippen molar-refractivity contribution in [1.29, 1.82) is 0 Å². The van der Waals surface area contributed by atoms with Gasteiger partial charge in [0.25, 0.3) is 5.91 Å². The molecular formula is C20H16N4OS. The zero-order valence-corrected chi connectivity index (χ0v) is 14.9. The molecule has 0 fully saturated rings. The van der Waals surface area contributed by atoms with E-state index in [1.54, 1.807) is 6.20 Å². The average Bonchev–Trinajstić information content (AvgIpc) is 3.35. The van der Waals surface area contributed by atoms with Crippen LogP contribution in [0.1, 0.15) is 15.9 Å². The smallest absolute Gasteiger partial charge is 0.257 e. The number of carbonyl (C=O) groups is 1. The van der Waals surface area contributed by atoms with E-state index in [0.717, 1.165) is 22.6 Å². The molecule has 0 saturated heterocycles. The van der Waals surface area contributed by atoms with Crippen LogP contribution >= 0.6 is 11.3 Å². The highest BCUT2D eigenvalue weighted by atomic mass is 32.1. The first kappa shape index (κ1) is 16.2. The van der Waals surface area contributed by atoms with Crippen molar-refractivity contribution in [3.05, 3.63) is 83.6 Å². The number of hydrogen-bond acceptors (Lipinski definition) is 4. The number of nitrogens with one attached hydrogen (secondary N) is 1. The fourth-order valence-corrected chi connectivity index (χ4v) is 3.36. The van der Waals surface area contributed by atoms with Crippen molar-refractivity contribution in [2.75, 3.05) is 5.32 Å². The molecule has 0 bridgehead atoms. The van der Waals surface area contributed by atoms with Crippen LogP contribution in [0.2, 0.25) is 0 Å². The molecule has 128 valence electrons. The number of thiazole rings is 1. The number of anilines is 1. The van der Waals surface area contributed by atoms with Crippen LogP contribution in [0.3, 0.4) is 0 Å². The SMILES string of the molecule is Cc1ccc(C(=O)Nc2nc(-c3ccccn3)cs2)cc1-n1cccc1. The summed E-state index contributed by atoms with van der Waals surface area (Å²) in [4.78, 5) is 21.4. The van der Waals surface area contributed by atoms with E-state index in [1.165, 1.54) is 11.3 Å². The second-order valence-corrected chi connectivity index (χ2v) is 6.66. The summed E-state index contributed by atoms with van der Waals surface area (Å²) in [5, 5.41) is 5.31. The minimum Gasteiger partial charge on any atom is -0.324 e. The van der Waals surface area contributed by atoms with E-state index in [-0.39, 0.29) is 5.91 Å². The minimum absolute atomic E-state index is 0.180. The Kier molecular flexibility index (Phi) is 4.33. The molecule has 0 unspecified atom stereocenters. The standard InChI is InChI=1S/C20H16N4OS/c1-14-7-8-15(12-18(14)24-10-4-5-11-24)19(25)23-20-22-17(13-26-20)16-6-2-3-9-21-16/h2-13H,1H3,(H,22,23,25). The first-order valence-electron chi connectivity index (χ1n) is 8.13. The summed E-state index contributed by atoms with van der Waals surface area (Å²) in [6.07, 6.45) is 5.65. The van der Waals surface area contributed by atoms with Gasteiger partial charge in [0, 0.05) is 35.2 Å². The highest BCUT2D eigenvalue weighted by Gasteiger charge is 2.12. The molecule has 0 aliphatic carbocycles. The van der Waals surface area contributed by atoms with Crippen LogP contribution in [0, 0.1) is 6.92 Å². The van der Waals surface area contributed by atoms with Crippen molar-refractivity contribution < 1.29 is 4.79 Å². The van der Waals surface area contributed by atoms with Crippen LogP contribution in [0.25, 0.3) is 17.1 Å². The molecule has 3 heterocycles. The third-order valence-electron chi connectivity index (χ3n) is 4.01. The predicted molar refractivity (Wildman–Crippen MR) is 104 cm³/mol. The van der Waals surface area contributed by atoms with Gasteiger partial charge in [0.1, 0.15) is 5.69 Å². The Bertz CT molecular complexity index is 1040. The number of pyridine rings is 1. The third-order valence-corrected chi connectivity index (χ3v) is 4.76. The topological polar surface area (TPSA) is 59.8 Å². The fourth-order valence-electron chi connectivity index (χ4n) is 2.66. The maximum atomic E-state index is 12.6. The van der Waals surface area contributed by atoms with Crippen LogP contribution in [0.15, 0.2) is 72.5 Å². The van der Waals surface area contributed by atoms with E-state index in [2.05, 4.69) is 15.3 Å². The summed E-state index contributed by atoms with van der Waals surface area (Å²) in [5.41, 5.74) is 4.21.